The van der Waals surface area contributed by atoms with E-state index in [0.717, 1.165) is 31.0 Å². The summed E-state index contributed by atoms with van der Waals surface area (Å²) < 4.78 is 11.1. The van der Waals surface area contributed by atoms with Crippen molar-refractivity contribution in [3.8, 4) is 11.5 Å². The van der Waals surface area contributed by atoms with Crippen molar-refractivity contribution in [1.29, 1.82) is 0 Å². The number of ether oxygens (including phenoxy) is 2. The molecule has 0 fully saturated rings. The third-order valence-electron chi connectivity index (χ3n) is 3.62. The van der Waals surface area contributed by atoms with Gasteiger partial charge in [0.1, 0.15) is 6.61 Å². The number of fused-ring (bicyclic) bond motifs is 1. The molecule has 0 saturated carbocycles. The molecule has 0 spiro atoms. The van der Waals surface area contributed by atoms with E-state index in [1.807, 2.05) is 24.3 Å². The molecule has 2 aromatic rings. The van der Waals surface area contributed by atoms with Crippen molar-refractivity contribution in [3.63, 3.8) is 0 Å². The molecule has 1 N–H and O–H groups in total. The highest BCUT2D eigenvalue weighted by molar-refractivity contribution is 5.40. The standard InChI is InChI=1S/C17H19NO2/c1-19-16-4-2-3-5-17(16)20-12-13-6-7-14-8-9-18-11-15(14)10-13/h2-7,10,18H,8-9,11-12H2,1H3. The van der Waals surface area contributed by atoms with E-state index in [4.69, 9.17) is 9.47 Å². The maximum Gasteiger partial charge on any atom is 0.161 e. The third kappa shape index (κ3) is 2.78. The summed E-state index contributed by atoms with van der Waals surface area (Å²) in [5, 5.41) is 3.40. The second-order valence-electron chi connectivity index (χ2n) is 4.97. The van der Waals surface area contributed by atoms with E-state index in [9.17, 15) is 0 Å². The number of hydrogen-bond acceptors (Lipinski definition) is 3. The van der Waals surface area contributed by atoms with Gasteiger partial charge in [-0.25, -0.2) is 0 Å². The van der Waals surface area contributed by atoms with Gasteiger partial charge in [0, 0.05) is 6.54 Å². The zero-order chi connectivity index (χ0) is 13.8. The fourth-order valence-electron chi connectivity index (χ4n) is 2.52. The summed E-state index contributed by atoms with van der Waals surface area (Å²) in [6.07, 6.45) is 1.11. The molecule has 2 aromatic carbocycles. The average molecular weight is 269 g/mol. The lowest BCUT2D eigenvalue weighted by Crippen LogP contribution is -2.23. The molecule has 104 valence electrons. The fraction of sp³-hybridized carbons (Fsp3) is 0.294. The SMILES string of the molecule is COc1ccccc1OCc1ccc2c(c1)CNCC2. The first kappa shape index (κ1) is 13.0. The number of methoxy groups -OCH3 is 1. The van der Waals surface area contributed by atoms with Gasteiger partial charge in [-0.15, -0.1) is 0 Å². The van der Waals surface area contributed by atoms with Gasteiger partial charge in [0.15, 0.2) is 11.5 Å². The number of para-hydroxylation sites is 2. The molecule has 0 aromatic heterocycles. The highest BCUT2D eigenvalue weighted by Gasteiger charge is 2.09. The molecule has 3 heteroatoms. The minimum absolute atomic E-state index is 0.563. The van der Waals surface area contributed by atoms with Gasteiger partial charge in [0.2, 0.25) is 0 Å². The molecular formula is C17H19NO2. The molecule has 0 bridgehead atoms. The van der Waals surface area contributed by atoms with E-state index in [1.165, 1.54) is 16.7 Å². The first-order valence-corrected chi connectivity index (χ1v) is 6.94. The predicted octanol–water partition coefficient (Wildman–Crippen LogP) is 2.92. The molecule has 1 aliphatic heterocycles. The lowest BCUT2D eigenvalue weighted by molar-refractivity contribution is 0.284. The molecule has 0 unspecified atom stereocenters. The Morgan fingerprint density at radius 1 is 1.05 bits per heavy atom. The van der Waals surface area contributed by atoms with Gasteiger partial charge in [0.05, 0.1) is 7.11 Å². The second-order valence-corrected chi connectivity index (χ2v) is 4.97. The number of rotatable bonds is 4. The fourth-order valence-corrected chi connectivity index (χ4v) is 2.52. The summed E-state index contributed by atoms with van der Waals surface area (Å²) in [6.45, 7) is 2.59. The summed E-state index contributed by atoms with van der Waals surface area (Å²) in [6, 6.07) is 14.3. The topological polar surface area (TPSA) is 30.5 Å². The smallest absolute Gasteiger partial charge is 0.161 e. The molecule has 20 heavy (non-hydrogen) atoms. The molecule has 0 atom stereocenters. The van der Waals surface area contributed by atoms with Crippen LogP contribution in [0.5, 0.6) is 11.5 Å². The molecule has 0 amide bonds. The lowest BCUT2D eigenvalue weighted by Gasteiger charge is -2.18. The highest BCUT2D eigenvalue weighted by Crippen LogP contribution is 2.27. The zero-order valence-corrected chi connectivity index (χ0v) is 11.7. The Morgan fingerprint density at radius 3 is 2.75 bits per heavy atom. The van der Waals surface area contributed by atoms with Crippen LogP contribution >= 0.6 is 0 Å². The van der Waals surface area contributed by atoms with Crippen molar-refractivity contribution in [2.45, 2.75) is 19.6 Å². The molecule has 0 radical (unpaired) electrons. The van der Waals surface area contributed by atoms with E-state index < -0.39 is 0 Å². The van der Waals surface area contributed by atoms with E-state index in [1.54, 1.807) is 7.11 Å². The summed E-state index contributed by atoms with van der Waals surface area (Å²) in [5.41, 5.74) is 4.03. The molecule has 3 rings (SSSR count). The quantitative estimate of drug-likeness (QED) is 0.925. The van der Waals surface area contributed by atoms with Crippen molar-refractivity contribution < 1.29 is 9.47 Å². The van der Waals surface area contributed by atoms with Crippen molar-refractivity contribution in [1.82, 2.24) is 5.32 Å². The Morgan fingerprint density at radius 2 is 1.90 bits per heavy atom. The minimum Gasteiger partial charge on any atom is -0.493 e. The Labute approximate surface area is 119 Å². The Hall–Kier alpha value is -2.00. The number of hydrogen-bond donors (Lipinski definition) is 1. The van der Waals surface area contributed by atoms with Gasteiger partial charge in [-0.1, -0.05) is 30.3 Å². The zero-order valence-electron chi connectivity index (χ0n) is 11.7. The monoisotopic (exact) mass is 269 g/mol. The number of nitrogens with one attached hydrogen (secondary N) is 1. The maximum atomic E-state index is 5.86. The van der Waals surface area contributed by atoms with Crippen molar-refractivity contribution in [2.75, 3.05) is 13.7 Å². The van der Waals surface area contributed by atoms with Crippen LogP contribution in [0.15, 0.2) is 42.5 Å². The van der Waals surface area contributed by atoms with Gasteiger partial charge in [0.25, 0.3) is 0 Å². The van der Waals surface area contributed by atoms with Gasteiger partial charge in [-0.2, -0.15) is 0 Å². The van der Waals surface area contributed by atoms with Crippen LogP contribution in [0.1, 0.15) is 16.7 Å². The summed E-state index contributed by atoms with van der Waals surface area (Å²) >= 11 is 0. The minimum atomic E-state index is 0.563. The average Bonchev–Trinajstić information content (AvgIpc) is 2.53. The van der Waals surface area contributed by atoms with Crippen molar-refractivity contribution >= 4 is 0 Å². The largest absolute Gasteiger partial charge is 0.493 e. The summed E-state index contributed by atoms with van der Waals surface area (Å²) in [5.74, 6) is 1.55. The van der Waals surface area contributed by atoms with E-state index in [0.29, 0.717) is 6.61 Å². The lowest BCUT2D eigenvalue weighted by atomic mass is 9.99. The third-order valence-corrected chi connectivity index (χ3v) is 3.62. The van der Waals surface area contributed by atoms with Crippen LogP contribution in [0.25, 0.3) is 0 Å². The summed E-state index contributed by atoms with van der Waals surface area (Å²) in [7, 11) is 1.66. The van der Waals surface area contributed by atoms with E-state index >= 15 is 0 Å². The molecule has 3 nitrogen and oxygen atoms in total. The summed E-state index contributed by atoms with van der Waals surface area (Å²) in [4.78, 5) is 0. The molecule has 0 aliphatic carbocycles. The van der Waals surface area contributed by atoms with Crippen LogP contribution in [-0.4, -0.2) is 13.7 Å². The van der Waals surface area contributed by atoms with E-state index in [2.05, 4.69) is 23.5 Å². The van der Waals surface area contributed by atoms with Crippen LogP contribution in [0, 0.1) is 0 Å². The van der Waals surface area contributed by atoms with Crippen LogP contribution in [0.3, 0.4) is 0 Å². The predicted molar refractivity (Wildman–Crippen MR) is 79.2 cm³/mol. The molecular weight excluding hydrogens is 250 g/mol. The maximum absolute atomic E-state index is 5.86. The Bertz CT molecular complexity index is 595. The first-order chi connectivity index (χ1) is 9.86. The molecule has 1 aliphatic rings. The Kier molecular flexibility index (Phi) is 3.88. The van der Waals surface area contributed by atoms with Crippen molar-refractivity contribution in [3.05, 3.63) is 59.2 Å². The highest BCUT2D eigenvalue weighted by atomic mass is 16.5. The molecule has 1 heterocycles. The van der Waals surface area contributed by atoms with Crippen LogP contribution in [0.4, 0.5) is 0 Å². The second kappa shape index (κ2) is 5.97. The Balaban J connectivity index is 1.72. The molecule has 0 saturated heterocycles. The van der Waals surface area contributed by atoms with E-state index in [-0.39, 0.29) is 0 Å². The van der Waals surface area contributed by atoms with Crippen LogP contribution in [-0.2, 0) is 19.6 Å². The van der Waals surface area contributed by atoms with Crippen LogP contribution < -0.4 is 14.8 Å². The van der Waals surface area contributed by atoms with Crippen molar-refractivity contribution in [2.24, 2.45) is 0 Å². The normalized spacial score (nSPS) is 13.7. The van der Waals surface area contributed by atoms with Gasteiger partial charge < -0.3 is 14.8 Å². The first-order valence-electron chi connectivity index (χ1n) is 6.94. The van der Waals surface area contributed by atoms with Crippen LogP contribution in [0.2, 0.25) is 0 Å². The number of benzene rings is 2. The van der Waals surface area contributed by atoms with Gasteiger partial charge in [-0.05, 0) is 41.8 Å². The van der Waals surface area contributed by atoms with Gasteiger partial charge in [-0.3, -0.25) is 0 Å². The van der Waals surface area contributed by atoms with Gasteiger partial charge >= 0.3 is 0 Å².